The van der Waals surface area contributed by atoms with Crippen LogP contribution in [-0.2, 0) is 17.8 Å². The second-order valence-corrected chi connectivity index (χ2v) is 8.71. The van der Waals surface area contributed by atoms with E-state index in [-0.39, 0.29) is 23.6 Å². The Kier molecular flexibility index (Phi) is 7.41. The number of hydrogen-bond acceptors (Lipinski definition) is 10. The summed E-state index contributed by atoms with van der Waals surface area (Å²) in [5.41, 5.74) is 0.612. The number of hydrogen-bond donors (Lipinski definition) is 1. The van der Waals surface area contributed by atoms with Crippen LogP contribution in [0.5, 0.6) is 11.5 Å². The van der Waals surface area contributed by atoms with E-state index >= 15 is 0 Å². The number of nitrogens with one attached hydrogen (secondary N) is 1. The lowest BCUT2D eigenvalue weighted by Crippen LogP contribution is -2.16. The van der Waals surface area contributed by atoms with Crippen molar-refractivity contribution >= 4 is 34.1 Å². The molecule has 1 aromatic carbocycles. The molecule has 0 aliphatic heterocycles. The Morgan fingerprint density at radius 3 is 2.83 bits per heavy atom. The molecule has 0 saturated carbocycles. The first-order valence-corrected chi connectivity index (χ1v) is 11.8. The number of nitrogens with zero attached hydrogens (tertiary/aromatic N) is 5. The van der Waals surface area contributed by atoms with Crippen molar-refractivity contribution in [1.82, 2.24) is 19.8 Å². The molecule has 36 heavy (non-hydrogen) atoms. The maximum atomic E-state index is 12.4. The molecule has 1 amide bonds. The third kappa shape index (κ3) is 5.59. The van der Waals surface area contributed by atoms with Gasteiger partial charge in [-0.1, -0.05) is 29.5 Å². The molecule has 0 bridgehead atoms. The molecular weight excluding hydrogens is 484 g/mol. The van der Waals surface area contributed by atoms with Gasteiger partial charge in [0.1, 0.15) is 29.0 Å². The third-order valence-electron chi connectivity index (χ3n) is 4.91. The van der Waals surface area contributed by atoms with Crippen LogP contribution in [0, 0.1) is 18.3 Å². The highest BCUT2D eigenvalue weighted by Crippen LogP contribution is 2.29. The molecule has 0 saturated heterocycles. The number of methoxy groups -OCH3 is 1. The van der Waals surface area contributed by atoms with Gasteiger partial charge in [0, 0.05) is 18.6 Å². The summed E-state index contributed by atoms with van der Waals surface area (Å²) in [7, 11) is 1.48. The molecule has 0 fully saturated rings. The molecule has 0 aliphatic rings. The van der Waals surface area contributed by atoms with Gasteiger partial charge in [0.15, 0.2) is 17.3 Å². The Bertz CT molecular complexity index is 1540. The van der Waals surface area contributed by atoms with E-state index in [0.29, 0.717) is 33.5 Å². The first-order chi connectivity index (χ1) is 17.4. The zero-order valence-corrected chi connectivity index (χ0v) is 20.6. The van der Waals surface area contributed by atoms with Gasteiger partial charge in [0.2, 0.25) is 4.96 Å². The average Bonchev–Trinajstić information content (AvgIpc) is 3.47. The maximum Gasteiger partial charge on any atom is 0.275 e. The quantitative estimate of drug-likeness (QED) is 0.266. The minimum absolute atomic E-state index is 0.0429. The lowest BCUT2D eigenvalue weighted by atomic mass is 10.1. The number of rotatable bonds is 9. The molecule has 3 heterocycles. The van der Waals surface area contributed by atoms with Crippen molar-refractivity contribution in [1.29, 1.82) is 5.26 Å². The number of carbonyl (C=O) groups is 1. The number of aryl methyl sites for hydroxylation is 2. The monoisotopic (exact) mass is 506 g/mol. The SMILES string of the molecule is CCCc1nn2c(=O)cc(COc3ccc(C=C(C#N)C(=O)Nc4cc(C)on4)cc3OC)nc2s1. The van der Waals surface area contributed by atoms with E-state index < -0.39 is 5.91 Å². The van der Waals surface area contributed by atoms with Crippen molar-refractivity contribution in [3.05, 3.63) is 68.3 Å². The zero-order chi connectivity index (χ0) is 25.7. The Morgan fingerprint density at radius 2 is 2.14 bits per heavy atom. The van der Waals surface area contributed by atoms with Crippen LogP contribution in [0.3, 0.4) is 0 Å². The number of amides is 1. The van der Waals surface area contributed by atoms with E-state index in [9.17, 15) is 14.9 Å². The average molecular weight is 507 g/mol. The highest BCUT2D eigenvalue weighted by Gasteiger charge is 2.14. The normalized spacial score (nSPS) is 11.3. The van der Waals surface area contributed by atoms with Gasteiger partial charge in [-0.25, -0.2) is 4.98 Å². The fraction of sp³-hybridized carbons (Fsp3) is 0.250. The minimum atomic E-state index is -0.622. The number of fused-ring (bicyclic) bond motifs is 1. The van der Waals surface area contributed by atoms with Gasteiger partial charge in [0.05, 0.1) is 12.8 Å². The molecule has 4 aromatic rings. The van der Waals surface area contributed by atoms with Gasteiger partial charge in [-0.2, -0.15) is 14.9 Å². The summed E-state index contributed by atoms with van der Waals surface area (Å²) in [5.74, 6) is 0.916. The van der Waals surface area contributed by atoms with Crippen LogP contribution in [-0.4, -0.2) is 32.8 Å². The van der Waals surface area contributed by atoms with Crippen molar-refractivity contribution in [2.45, 2.75) is 33.3 Å². The maximum absolute atomic E-state index is 12.4. The Hall–Kier alpha value is -4.50. The summed E-state index contributed by atoms with van der Waals surface area (Å²) in [5, 5.41) is 20.8. The van der Waals surface area contributed by atoms with Gasteiger partial charge in [0.25, 0.3) is 11.5 Å². The molecule has 0 atom stereocenters. The first-order valence-electron chi connectivity index (χ1n) is 11.0. The second kappa shape index (κ2) is 10.8. The van der Waals surface area contributed by atoms with Crippen LogP contribution in [0.2, 0.25) is 0 Å². The van der Waals surface area contributed by atoms with Crippen LogP contribution in [0.15, 0.2) is 45.2 Å². The smallest absolute Gasteiger partial charge is 0.275 e. The Morgan fingerprint density at radius 1 is 1.31 bits per heavy atom. The van der Waals surface area contributed by atoms with Crippen molar-refractivity contribution in [3.63, 3.8) is 0 Å². The van der Waals surface area contributed by atoms with E-state index in [2.05, 4.69) is 20.6 Å². The third-order valence-corrected chi connectivity index (χ3v) is 5.88. The largest absolute Gasteiger partial charge is 0.493 e. The highest BCUT2D eigenvalue weighted by atomic mass is 32.1. The van der Waals surface area contributed by atoms with Gasteiger partial charge < -0.3 is 19.3 Å². The number of nitriles is 1. The van der Waals surface area contributed by atoms with E-state index in [4.69, 9.17) is 14.0 Å². The molecule has 4 rings (SSSR count). The molecular formula is C24H22N6O5S. The number of benzene rings is 1. The van der Waals surface area contributed by atoms with Crippen molar-refractivity contribution in [2.75, 3.05) is 12.4 Å². The fourth-order valence-corrected chi connectivity index (χ4v) is 4.27. The molecule has 0 unspecified atom stereocenters. The molecule has 0 radical (unpaired) electrons. The van der Waals surface area contributed by atoms with Gasteiger partial charge in [-0.15, -0.1) is 0 Å². The lowest BCUT2D eigenvalue weighted by molar-refractivity contribution is -0.112. The molecule has 3 aromatic heterocycles. The zero-order valence-electron chi connectivity index (χ0n) is 19.8. The molecule has 11 nitrogen and oxygen atoms in total. The van der Waals surface area contributed by atoms with Crippen molar-refractivity contribution < 1.29 is 18.8 Å². The number of carbonyl (C=O) groups excluding carboxylic acids is 1. The number of aromatic nitrogens is 4. The number of anilines is 1. The highest BCUT2D eigenvalue weighted by molar-refractivity contribution is 7.16. The van der Waals surface area contributed by atoms with Gasteiger partial charge in [-0.3, -0.25) is 9.59 Å². The van der Waals surface area contributed by atoms with E-state index in [1.165, 1.54) is 35.1 Å². The number of ether oxygens (including phenoxy) is 2. The molecule has 0 aliphatic carbocycles. The topological polar surface area (TPSA) is 145 Å². The van der Waals surface area contributed by atoms with Crippen LogP contribution < -0.4 is 20.3 Å². The van der Waals surface area contributed by atoms with Crippen LogP contribution in [0.25, 0.3) is 11.0 Å². The Balaban J connectivity index is 1.50. The second-order valence-electron chi connectivity index (χ2n) is 7.67. The van der Waals surface area contributed by atoms with E-state index in [1.807, 2.05) is 13.0 Å². The standard InChI is InChI=1S/C24H22N6O5S/c1-4-5-21-28-30-22(31)11-17(26-24(30)36-21)13-34-18-7-6-15(10-19(18)33-3)9-16(12-25)23(32)27-20-8-14(2)35-29-20/h6-11H,4-5,13H2,1-3H3,(H,27,29,32). The van der Waals surface area contributed by atoms with Crippen LogP contribution in [0.4, 0.5) is 5.82 Å². The predicted molar refractivity (Wildman–Crippen MR) is 132 cm³/mol. The summed E-state index contributed by atoms with van der Waals surface area (Å²) in [6.45, 7) is 3.78. The van der Waals surface area contributed by atoms with Gasteiger partial charge in [-0.05, 0) is 37.1 Å². The predicted octanol–water partition coefficient (Wildman–Crippen LogP) is 3.53. The fourth-order valence-electron chi connectivity index (χ4n) is 3.25. The molecule has 184 valence electrons. The Labute approximate surface area is 209 Å². The summed E-state index contributed by atoms with van der Waals surface area (Å²) in [4.78, 5) is 29.8. The molecule has 1 N–H and O–H groups in total. The molecule has 0 spiro atoms. The summed E-state index contributed by atoms with van der Waals surface area (Å²) in [6.07, 6.45) is 3.13. The summed E-state index contributed by atoms with van der Waals surface area (Å²) < 4.78 is 17.5. The van der Waals surface area contributed by atoms with Crippen LogP contribution >= 0.6 is 11.3 Å². The van der Waals surface area contributed by atoms with Crippen molar-refractivity contribution in [3.8, 4) is 17.6 Å². The van der Waals surface area contributed by atoms with E-state index in [1.54, 1.807) is 31.2 Å². The lowest BCUT2D eigenvalue weighted by Gasteiger charge is -2.11. The van der Waals surface area contributed by atoms with Crippen molar-refractivity contribution in [2.24, 2.45) is 0 Å². The first kappa shape index (κ1) is 24.6. The summed E-state index contributed by atoms with van der Waals surface area (Å²) >= 11 is 1.38. The molecule has 12 heteroatoms. The van der Waals surface area contributed by atoms with E-state index in [0.717, 1.165) is 17.8 Å². The summed E-state index contributed by atoms with van der Waals surface area (Å²) in [6, 6.07) is 9.77. The minimum Gasteiger partial charge on any atom is -0.493 e. The van der Waals surface area contributed by atoms with Crippen LogP contribution in [0.1, 0.15) is 35.4 Å². The van der Waals surface area contributed by atoms with Gasteiger partial charge >= 0.3 is 0 Å².